The van der Waals surface area contributed by atoms with Crippen LogP contribution in [0.5, 0.6) is 5.75 Å². The summed E-state index contributed by atoms with van der Waals surface area (Å²) in [5.74, 6) is 2.65. The average molecular weight is 349 g/mol. The van der Waals surface area contributed by atoms with Crippen molar-refractivity contribution in [1.29, 1.82) is 0 Å². The molecule has 2 aromatic rings. The summed E-state index contributed by atoms with van der Waals surface area (Å²) in [6, 6.07) is 8.07. The van der Waals surface area contributed by atoms with E-state index in [1.54, 1.807) is 11.8 Å². The van der Waals surface area contributed by atoms with E-state index in [0.29, 0.717) is 18.1 Å². The van der Waals surface area contributed by atoms with Crippen LogP contribution in [0.2, 0.25) is 0 Å². The number of hydrogen-bond donors (Lipinski definition) is 1. The highest BCUT2D eigenvalue weighted by Crippen LogP contribution is 2.13. The van der Waals surface area contributed by atoms with Gasteiger partial charge in [0.1, 0.15) is 5.75 Å². The van der Waals surface area contributed by atoms with Crippen LogP contribution in [0.1, 0.15) is 31.3 Å². The molecule has 1 heterocycles. The van der Waals surface area contributed by atoms with E-state index in [0.717, 1.165) is 23.6 Å². The minimum absolute atomic E-state index is 0.0199. The first-order chi connectivity index (χ1) is 11.6. The highest BCUT2D eigenvalue weighted by atomic mass is 32.2. The number of thioether (sulfide) groups is 1. The maximum atomic E-state index is 11.9. The van der Waals surface area contributed by atoms with Crippen molar-refractivity contribution in [3.8, 4) is 5.75 Å². The van der Waals surface area contributed by atoms with Crippen LogP contribution >= 0.6 is 11.8 Å². The normalized spacial score (nSPS) is 10.8. The van der Waals surface area contributed by atoms with Gasteiger partial charge in [-0.25, -0.2) is 4.68 Å². The third-order valence-electron chi connectivity index (χ3n) is 3.38. The molecule has 0 spiro atoms. The Morgan fingerprint density at radius 2 is 2.25 bits per heavy atom. The Hall–Kier alpha value is -2.09. The molecule has 0 unspecified atom stereocenters. The number of benzene rings is 1. The van der Waals surface area contributed by atoms with Gasteiger partial charge in [0.05, 0.1) is 24.7 Å². The highest BCUT2D eigenvalue weighted by molar-refractivity contribution is 7.99. The minimum Gasteiger partial charge on any atom is -0.497 e. The fourth-order valence-corrected chi connectivity index (χ4v) is 2.93. The maximum Gasteiger partial charge on any atom is 0.230 e. The molecule has 2 rings (SSSR count). The fraction of sp³-hybridized carbons (Fsp3) is 0.500. The first-order valence-corrected chi connectivity index (χ1v) is 8.99. The second kappa shape index (κ2) is 9.27. The lowest BCUT2D eigenvalue weighted by molar-refractivity contribution is -0.118. The first-order valence-electron chi connectivity index (χ1n) is 7.84. The van der Waals surface area contributed by atoms with Gasteiger partial charge < -0.3 is 10.1 Å². The zero-order valence-corrected chi connectivity index (χ0v) is 15.0. The highest BCUT2D eigenvalue weighted by Gasteiger charge is 2.10. The van der Waals surface area contributed by atoms with Gasteiger partial charge in [0.25, 0.3) is 0 Å². The second-order valence-corrected chi connectivity index (χ2v) is 6.56. The number of rotatable bonds is 9. The fourth-order valence-electron chi connectivity index (χ4n) is 2.17. The summed E-state index contributed by atoms with van der Waals surface area (Å²) in [6.07, 6.45) is 0.777. The van der Waals surface area contributed by atoms with Crippen LogP contribution < -0.4 is 10.1 Å². The molecule has 1 aromatic heterocycles. The zero-order chi connectivity index (χ0) is 17.4. The molecular weight excluding hydrogens is 326 g/mol. The quantitative estimate of drug-likeness (QED) is 0.744. The second-order valence-electron chi connectivity index (χ2n) is 5.58. The van der Waals surface area contributed by atoms with Crippen LogP contribution in [-0.2, 0) is 17.0 Å². The number of tetrazole rings is 1. The van der Waals surface area contributed by atoms with Crippen molar-refractivity contribution >= 4 is 17.7 Å². The number of methoxy groups -OCH3 is 1. The standard InChI is InChI=1S/C16H23N5O2S/c1-12(2)21-15(18-19-20-21)10-24-11-16(22)17-8-7-13-5-4-6-14(9-13)23-3/h4-6,9,12H,7-8,10-11H2,1-3H3,(H,17,22). The van der Waals surface area contributed by atoms with E-state index < -0.39 is 0 Å². The number of aromatic nitrogens is 4. The van der Waals surface area contributed by atoms with Crippen LogP contribution in [0.25, 0.3) is 0 Å². The van der Waals surface area contributed by atoms with Crippen LogP contribution in [0, 0.1) is 0 Å². The molecule has 0 bridgehead atoms. The molecule has 1 amide bonds. The number of hydrogen-bond acceptors (Lipinski definition) is 6. The molecule has 0 fully saturated rings. The van der Waals surface area contributed by atoms with Gasteiger partial charge in [0, 0.05) is 6.54 Å². The lowest BCUT2D eigenvalue weighted by Crippen LogP contribution is -2.27. The average Bonchev–Trinajstić information content (AvgIpc) is 3.04. The van der Waals surface area contributed by atoms with Crippen molar-refractivity contribution < 1.29 is 9.53 Å². The molecule has 1 aromatic carbocycles. The number of carbonyl (C=O) groups is 1. The number of ether oxygens (including phenoxy) is 1. The molecule has 1 N–H and O–H groups in total. The Bertz CT molecular complexity index is 659. The Labute approximate surface area is 146 Å². The molecular formula is C16H23N5O2S. The third kappa shape index (κ3) is 5.52. The Balaban J connectivity index is 1.67. The van der Waals surface area contributed by atoms with Crippen molar-refractivity contribution in [2.45, 2.75) is 32.1 Å². The number of nitrogens with zero attached hydrogens (tertiary/aromatic N) is 4. The smallest absolute Gasteiger partial charge is 0.230 e. The van der Waals surface area contributed by atoms with Gasteiger partial charge in [-0.05, 0) is 48.4 Å². The lowest BCUT2D eigenvalue weighted by Gasteiger charge is -2.08. The van der Waals surface area contributed by atoms with E-state index in [4.69, 9.17) is 4.74 Å². The topological polar surface area (TPSA) is 81.9 Å². The summed E-state index contributed by atoms with van der Waals surface area (Å²) < 4.78 is 6.96. The monoisotopic (exact) mass is 349 g/mol. The van der Waals surface area contributed by atoms with Crippen molar-refractivity contribution in [2.75, 3.05) is 19.4 Å². The number of carbonyl (C=O) groups excluding carboxylic acids is 1. The van der Waals surface area contributed by atoms with Gasteiger partial charge in [-0.2, -0.15) is 0 Å². The predicted octanol–water partition coefficient (Wildman–Crippen LogP) is 1.85. The van der Waals surface area contributed by atoms with Crippen LogP contribution in [0.4, 0.5) is 0 Å². The first kappa shape index (κ1) is 18.3. The Morgan fingerprint density at radius 3 is 3.00 bits per heavy atom. The van der Waals surface area contributed by atoms with Gasteiger partial charge in [-0.15, -0.1) is 16.9 Å². The molecule has 0 atom stereocenters. The van der Waals surface area contributed by atoms with E-state index in [1.807, 2.05) is 38.1 Å². The molecule has 24 heavy (non-hydrogen) atoms. The number of nitrogens with one attached hydrogen (secondary N) is 1. The molecule has 0 radical (unpaired) electrons. The summed E-state index contributed by atoms with van der Waals surface area (Å²) in [7, 11) is 1.65. The Morgan fingerprint density at radius 1 is 1.42 bits per heavy atom. The molecule has 7 nitrogen and oxygen atoms in total. The SMILES string of the molecule is COc1cccc(CCNC(=O)CSCc2nnnn2C(C)C)c1. The summed E-state index contributed by atoms with van der Waals surface area (Å²) in [4.78, 5) is 11.9. The van der Waals surface area contributed by atoms with E-state index in [9.17, 15) is 4.79 Å². The van der Waals surface area contributed by atoms with Crippen molar-refractivity contribution in [1.82, 2.24) is 25.5 Å². The summed E-state index contributed by atoms with van der Waals surface area (Å²) in [5.41, 5.74) is 1.14. The lowest BCUT2D eigenvalue weighted by atomic mass is 10.1. The molecule has 0 aliphatic carbocycles. The predicted molar refractivity (Wildman–Crippen MR) is 94.1 cm³/mol. The summed E-state index contributed by atoms with van der Waals surface area (Å²) in [5, 5.41) is 14.5. The van der Waals surface area contributed by atoms with Crippen molar-refractivity contribution in [3.05, 3.63) is 35.7 Å². The molecule has 0 saturated heterocycles. The van der Waals surface area contributed by atoms with E-state index in [2.05, 4.69) is 20.8 Å². The summed E-state index contributed by atoms with van der Waals surface area (Å²) in [6.45, 7) is 4.65. The van der Waals surface area contributed by atoms with Gasteiger partial charge in [0.15, 0.2) is 5.82 Å². The van der Waals surface area contributed by atoms with Gasteiger partial charge >= 0.3 is 0 Å². The van der Waals surface area contributed by atoms with Crippen LogP contribution in [0.3, 0.4) is 0 Å². The maximum absolute atomic E-state index is 11.9. The minimum atomic E-state index is 0.0199. The van der Waals surface area contributed by atoms with Gasteiger partial charge in [-0.3, -0.25) is 4.79 Å². The van der Waals surface area contributed by atoms with Crippen molar-refractivity contribution in [2.24, 2.45) is 0 Å². The molecule has 0 aliphatic rings. The molecule has 130 valence electrons. The molecule has 0 aliphatic heterocycles. The number of amides is 1. The largest absolute Gasteiger partial charge is 0.497 e. The van der Waals surface area contributed by atoms with Crippen LogP contribution in [0.15, 0.2) is 24.3 Å². The molecule has 8 heteroatoms. The summed E-state index contributed by atoms with van der Waals surface area (Å²) >= 11 is 1.51. The van der Waals surface area contributed by atoms with Gasteiger partial charge in [-0.1, -0.05) is 12.1 Å². The third-order valence-corrected chi connectivity index (χ3v) is 4.31. The Kier molecular flexibility index (Phi) is 7.05. The van der Waals surface area contributed by atoms with Gasteiger partial charge in [0.2, 0.25) is 5.91 Å². The van der Waals surface area contributed by atoms with Crippen molar-refractivity contribution in [3.63, 3.8) is 0 Å². The zero-order valence-electron chi connectivity index (χ0n) is 14.2. The molecule has 0 saturated carbocycles. The van der Waals surface area contributed by atoms with E-state index in [-0.39, 0.29) is 11.9 Å². The van der Waals surface area contributed by atoms with E-state index in [1.165, 1.54) is 11.8 Å². The van der Waals surface area contributed by atoms with E-state index >= 15 is 0 Å². The van der Waals surface area contributed by atoms with Crippen LogP contribution in [-0.4, -0.2) is 45.5 Å².